The van der Waals surface area contributed by atoms with Crippen LogP contribution < -0.4 is 16.4 Å². The van der Waals surface area contributed by atoms with E-state index in [-0.39, 0.29) is 29.7 Å². The number of hydrogen-bond acceptors (Lipinski definition) is 3. The Kier molecular flexibility index (Phi) is 5.64. The van der Waals surface area contributed by atoms with Crippen molar-refractivity contribution in [2.75, 3.05) is 0 Å². The molecule has 3 amide bonds. The molecule has 4 N–H and O–H groups in total. The predicted molar refractivity (Wildman–Crippen MR) is 94.2 cm³/mol. The average molecular weight is 349 g/mol. The smallest absolute Gasteiger partial charge is 0.242 e. The van der Waals surface area contributed by atoms with Crippen LogP contribution in [-0.4, -0.2) is 29.8 Å². The third-order valence-electron chi connectivity index (χ3n) is 6.52. The zero-order valence-electron chi connectivity index (χ0n) is 15.1. The lowest BCUT2D eigenvalue weighted by Gasteiger charge is -2.30. The summed E-state index contributed by atoms with van der Waals surface area (Å²) >= 11 is 0. The first-order valence-electron chi connectivity index (χ1n) is 9.84. The third kappa shape index (κ3) is 4.15. The van der Waals surface area contributed by atoms with Gasteiger partial charge >= 0.3 is 0 Å². The number of fused-ring (bicyclic) bond motifs is 2. The summed E-state index contributed by atoms with van der Waals surface area (Å²) in [4.78, 5) is 36.4. The number of nitrogens with one attached hydrogen (secondary N) is 2. The van der Waals surface area contributed by atoms with Crippen molar-refractivity contribution in [2.24, 2.45) is 29.4 Å². The number of carbonyl (C=O) groups excluding carboxylic acids is 3. The Hall–Kier alpha value is -1.59. The first-order valence-corrected chi connectivity index (χ1v) is 9.84. The van der Waals surface area contributed by atoms with Gasteiger partial charge in [-0.3, -0.25) is 14.4 Å². The molecule has 0 spiro atoms. The van der Waals surface area contributed by atoms with Gasteiger partial charge in [0.1, 0.15) is 6.04 Å². The van der Waals surface area contributed by atoms with E-state index < -0.39 is 6.04 Å². The molecule has 140 valence electrons. The van der Waals surface area contributed by atoms with Crippen LogP contribution in [0.2, 0.25) is 0 Å². The maximum atomic E-state index is 12.5. The largest absolute Gasteiger partial charge is 0.369 e. The van der Waals surface area contributed by atoms with Crippen LogP contribution in [0, 0.1) is 23.7 Å². The van der Waals surface area contributed by atoms with Gasteiger partial charge in [0.25, 0.3) is 0 Å². The van der Waals surface area contributed by atoms with Gasteiger partial charge in [-0.2, -0.15) is 0 Å². The minimum absolute atomic E-state index is 0.0473. The fourth-order valence-corrected chi connectivity index (χ4v) is 5.22. The first kappa shape index (κ1) is 18.2. The average Bonchev–Trinajstić information content (AvgIpc) is 3.16. The summed E-state index contributed by atoms with van der Waals surface area (Å²) in [5.74, 6) is 0.281. The number of amides is 3. The van der Waals surface area contributed by atoms with Gasteiger partial charge < -0.3 is 16.4 Å². The molecule has 3 fully saturated rings. The molecule has 5 atom stereocenters. The molecule has 3 rings (SSSR count). The number of rotatable bonds is 6. The van der Waals surface area contributed by atoms with Crippen molar-refractivity contribution in [3.63, 3.8) is 0 Å². The van der Waals surface area contributed by atoms with Crippen molar-refractivity contribution >= 4 is 17.7 Å². The highest BCUT2D eigenvalue weighted by Crippen LogP contribution is 2.48. The van der Waals surface area contributed by atoms with Gasteiger partial charge in [-0.25, -0.2) is 0 Å². The Morgan fingerprint density at radius 1 is 1.04 bits per heavy atom. The number of carbonyl (C=O) groups is 3. The van der Waals surface area contributed by atoms with Crippen molar-refractivity contribution in [1.82, 2.24) is 10.6 Å². The van der Waals surface area contributed by atoms with Crippen molar-refractivity contribution in [3.8, 4) is 0 Å². The van der Waals surface area contributed by atoms with Crippen LogP contribution in [-0.2, 0) is 14.4 Å². The summed E-state index contributed by atoms with van der Waals surface area (Å²) in [6.07, 6.45) is 9.44. The van der Waals surface area contributed by atoms with Crippen molar-refractivity contribution in [2.45, 2.75) is 76.8 Å². The van der Waals surface area contributed by atoms with Crippen LogP contribution in [0.1, 0.15) is 64.7 Å². The van der Waals surface area contributed by atoms with Crippen LogP contribution in [0.5, 0.6) is 0 Å². The molecule has 0 saturated heterocycles. The quantitative estimate of drug-likeness (QED) is 0.677. The second kappa shape index (κ2) is 7.75. The van der Waals surface area contributed by atoms with Crippen LogP contribution in [0.4, 0.5) is 0 Å². The third-order valence-corrected chi connectivity index (χ3v) is 6.52. The molecular weight excluding hydrogens is 318 g/mol. The van der Waals surface area contributed by atoms with Crippen molar-refractivity contribution in [1.29, 1.82) is 0 Å². The van der Waals surface area contributed by atoms with E-state index in [1.54, 1.807) is 6.92 Å². The second-order valence-corrected chi connectivity index (χ2v) is 8.29. The Bertz CT molecular complexity index is 530. The molecule has 0 aromatic heterocycles. The van der Waals surface area contributed by atoms with E-state index in [4.69, 9.17) is 5.73 Å². The van der Waals surface area contributed by atoms with E-state index in [0.29, 0.717) is 24.2 Å². The van der Waals surface area contributed by atoms with Crippen molar-refractivity contribution < 1.29 is 14.4 Å². The van der Waals surface area contributed by atoms with Crippen molar-refractivity contribution in [3.05, 3.63) is 0 Å². The Morgan fingerprint density at radius 3 is 2.40 bits per heavy atom. The fourth-order valence-electron chi connectivity index (χ4n) is 5.22. The molecule has 3 aliphatic rings. The standard InChI is InChI=1S/C19H31N3O3/c1-11(21-15(23)9-12-5-3-2-4-6-12)19(25)22-17-14-8-7-13(10-14)16(17)18(20)24/h11-14,16-17H,2-10H2,1H3,(H2,20,24)(H,21,23)(H,22,25)/t11-,13-,14-,16+,17+/m0/s1. The normalized spacial score (nSPS) is 33.0. The maximum Gasteiger partial charge on any atom is 0.242 e. The highest BCUT2D eigenvalue weighted by Gasteiger charge is 2.50. The van der Waals surface area contributed by atoms with Crippen LogP contribution in [0.3, 0.4) is 0 Å². The molecule has 2 bridgehead atoms. The van der Waals surface area contributed by atoms with Gasteiger partial charge in [-0.1, -0.05) is 19.3 Å². The Labute approximate surface area is 149 Å². The molecule has 0 aromatic carbocycles. The first-order chi connectivity index (χ1) is 12.0. The van der Waals surface area contributed by atoms with Gasteiger partial charge in [0.05, 0.1) is 5.92 Å². The lowest BCUT2D eigenvalue weighted by molar-refractivity contribution is -0.131. The second-order valence-electron chi connectivity index (χ2n) is 8.29. The van der Waals surface area contributed by atoms with E-state index in [1.165, 1.54) is 19.3 Å². The zero-order chi connectivity index (χ0) is 18.0. The van der Waals surface area contributed by atoms with E-state index >= 15 is 0 Å². The van der Waals surface area contributed by atoms with Gasteiger partial charge in [0.2, 0.25) is 17.7 Å². The highest BCUT2D eigenvalue weighted by molar-refractivity contribution is 5.88. The minimum atomic E-state index is -0.580. The Balaban J connectivity index is 1.48. The molecule has 0 radical (unpaired) electrons. The fraction of sp³-hybridized carbons (Fsp3) is 0.842. The molecule has 3 saturated carbocycles. The summed E-state index contributed by atoms with van der Waals surface area (Å²) in [7, 11) is 0. The molecule has 0 unspecified atom stereocenters. The van der Waals surface area contributed by atoms with E-state index in [9.17, 15) is 14.4 Å². The maximum absolute atomic E-state index is 12.5. The van der Waals surface area contributed by atoms with E-state index in [1.807, 2.05) is 0 Å². The Morgan fingerprint density at radius 2 is 1.72 bits per heavy atom. The molecule has 0 aliphatic heterocycles. The molecule has 0 heterocycles. The SMILES string of the molecule is C[C@H](NC(=O)CC1CCCCC1)C(=O)N[C@@H]1[C@H]2CC[C@@H](C2)[C@H]1C(N)=O. The predicted octanol–water partition coefficient (Wildman–Crippen LogP) is 1.48. The molecule has 6 nitrogen and oxygen atoms in total. The lowest BCUT2D eigenvalue weighted by atomic mass is 9.84. The highest BCUT2D eigenvalue weighted by atomic mass is 16.2. The summed E-state index contributed by atoms with van der Waals surface area (Å²) < 4.78 is 0. The molecule has 25 heavy (non-hydrogen) atoms. The number of primary amides is 1. The van der Waals surface area contributed by atoms with E-state index in [0.717, 1.165) is 32.1 Å². The minimum Gasteiger partial charge on any atom is -0.369 e. The summed E-state index contributed by atoms with van der Waals surface area (Å²) in [5, 5.41) is 5.82. The number of hydrogen-bond donors (Lipinski definition) is 3. The van der Waals surface area contributed by atoms with Gasteiger partial charge in [0, 0.05) is 12.5 Å². The van der Waals surface area contributed by atoms with Gasteiger partial charge in [-0.15, -0.1) is 0 Å². The zero-order valence-corrected chi connectivity index (χ0v) is 15.1. The lowest BCUT2D eigenvalue weighted by Crippen LogP contribution is -2.53. The molecule has 3 aliphatic carbocycles. The monoisotopic (exact) mass is 349 g/mol. The van der Waals surface area contributed by atoms with Crippen LogP contribution >= 0.6 is 0 Å². The van der Waals surface area contributed by atoms with E-state index in [2.05, 4.69) is 10.6 Å². The van der Waals surface area contributed by atoms with Gasteiger partial charge in [0.15, 0.2) is 0 Å². The topological polar surface area (TPSA) is 101 Å². The number of nitrogens with two attached hydrogens (primary N) is 1. The summed E-state index contributed by atoms with van der Waals surface area (Å²) in [6.45, 7) is 1.71. The molecule has 6 heteroatoms. The van der Waals surface area contributed by atoms with Crippen LogP contribution in [0.15, 0.2) is 0 Å². The van der Waals surface area contributed by atoms with Gasteiger partial charge in [-0.05, 0) is 56.8 Å². The summed E-state index contributed by atoms with van der Waals surface area (Å²) in [6, 6.07) is -0.745. The van der Waals surface area contributed by atoms with Crippen LogP contribution in [0.25, 0.3) is 0 Å². The molecular formula is C19H31N3O3. The summed E-state index contributed by atoms with van der Waals surface area (Å²) in [5.41, 5.74) is 5.55. The molecule has 0 aromatic rings.